The molecule has 1 unspecified atom stereocenters. The summed E-state index contributed by atoms with van der Waals surface area (Å²) >= 11 is 0. The second-order valence-electron chi connectivity index (χ2n) is 1.83. The lowest BCUT2D eigenvalue weighted by molar-refractivity contribution is 0.681. The zero-order chi connectivity index (χ0) is 8.85. The number of H-pyrrole nitrogens is 1. The summed E-state index contributed by atoms with van der Waals surface area (Å²) in [5.74, 6) is 0. The fourth-order valence-electron chi connectivity index (χ4n) is 0.535. The molecule has 0 aliphatic carbocycles. The van der Waals surface area contributed by atoms with E-state index < -0.39 is 10.8 Å². The predicted molar refractivity (Wildman–Crippen MR) is 47.0 cm³/mol. The van der Waals surface area contributed by atoms with Crippen LogP contribution < -0.4 is 0 Å². The smallest absolute Gasteiger partial charge is 0.196 e. The van der Waals surface area contributed by atoms with Crippen molar-refractivity contribution >= 4 is 10.8 Å². The first-order valence-corrected chi connectivity index (χ1v) is 5.11. The highest BCUT2D eigenvalue weighted by Crippen LogP contribution is 1.97. The molecule has 0 bridgehead atoms. The van der Waals surface area contributed by atoms with Gasteiger partial charge in [-0.05, 0) is 6.92 Å². The van der Waals surface area contributed by atoms with Crippen molar-refractivity contribution in [3.8, 4) is 0 Å². The summed E-state index contributed by atoms with van der Waals surface area (Å²) in [7, 11) is -0.975. The van der Waals surface area contributed by atoms with Crippen molar-refractivity contribution in [2.24, 2.45) is 0 Å². The molecule has 1 rings (SSSR count). The Balaban J connectivity index is 0.000000461. The fraction of sp³-hybridized carbons (Fsp3) is 0.571. The van der Waals surface area contributed by atoms with Gasteiger partial charge in [0.05, 0.1) is 10.8 Å². The minimum atomic E-state index is -0.975. The van der Waals surface area contributed by atoms with Crippen molar-refractivity contribution in [3.05, 3.63) is 11.9 Å². The third-order valence-corrected chi connectivity index (χ3v) is 1.70. The monoisotopic (exact) mass is 174 g/mol. The molecule has 0 aliphatic rings. The second-order valence-corrected chi connectivity index (χ2v) is 3.12. The Morgan fingerprint density at radius 3 is 2.27 bits per heavy atom. The molecule has 0 spiro atoms. The van der Waals surface area contributed by atoms with Gasteiger partial charge in [0.15, 0.2) is 5.16 Å². The van der Waals surface area contributed by atoms with E-state index >= 15 is 0 Å². The molecule has 4 heteroatoms. The van der Waals surface area contributed by atoms with Crippen LogP contribution in [0.1, 0.15) is 19.5 Å². The molecule has 0 amide bonds. The SMILES string of the molecule is CC.Cc1cnc(S(C)=O)[nH]1. The third kappa shape index (κ3) is 3.32. The van der Waals surface area contributed by atoms with Gasteiger partial charge in [0.1, 0.15) is 0 Å². The highest BCUT2D eigenvalue weighted by molar-refractivity contribution is 7.84. The number of aromatic amines is 1. The maximum absolute atomic E-state index is 10.7. The average molecular weight is 174 g/mol. The van der Waals surface area contributed by atoms with Crippen LogP contribution in [0.15, 0.2) is 11.4 Å². The number of imidazole rings is 1. The van der Waals surface area contributed by atoms with Crippen LogP contribution in [0.3, 0.4) is 0 Å². The van der Waals surface area contributed by atoms with Gasteiger partial charge in [0, 0.05) is 18.1 Å². The molecule has 11 heavy (non-hydrogen) atoms. The molecule has 1 N–H and O–H groups in total. The number of aryl methyl sites for hydroxylation is 1. The van der Waals surface area contributed by atoms with Gasteiger partial charge < -0.3 is 4.98 Å². The molecule has 64 valence electrons. The number of nitrogens with one attached hydrogen (secondary N) is 1. The summed E-state index contributed by atoms with van der Waals surface area (Å²) in [5.41, 5.74) is 0.945. The summed E-state index contributed by atoms with van der Waals surface area (Å²) in [5, 5.41) is 0.549. The average Bonchev–Trinajstić information content (AvgIpc) is 2.40. The molecule has 3 nitrogen and oxygen atoms in total. The van der Waals surface area contributed by atoms with Crippen molar-refractivity contribution in [1.29, 1.82) is 0 Å². The fourth-order valence-corrected chi connectivity index (χ4v) is 1.04. The molecule has 0 aromatic carbocycles. The molecule has 1 atom stereocenters. The van der Waals surface area contributed by atoms with Gasteiger partial charge in [-0.25, -0.2) is 4.98 Å². The van der Waals surface area contributed by atoms with E-state index in [1.807, 2.05) is 20.8 Å². The van der Waals surface area contributed by atoms with E-state index in [1.165, 1.54) is 0 Å². The lowest BCUT2D eigenvalue weighted by atomic mass is 10.6. The summed E-state index contributed by atoms with van der Waals surface area (Å²) in [4.78, 5) is 6.72. The summed E-state index contributed by atoms with van der Waals surface area (Å²) in [6, 6.07) is 0. The molecule has 0 saturated heterocycles. The first-order valence-electron chi connectivity index (χ1n) is 3.55. The van der Waals surface area contributed by atoms with Crippen LogP contribution in [0, 0.1) is 6.92 Å². The normalized spacial score (nSPS) is 11.6. The Bertz CT molecular complexity index is 232. The number of hydrogen-bond donors (Lipinski definition) is 1. The van der Waals surface area contributed by atoms with E-state index in [-0.39, 0.29) is 0 Å². The number of rotatable bonds is 1. The minimum absolute atomic E-state index is 0.549. The molecule has 0 saturated carbocycles. The van der Waals surface area contributed by atoms with Crippen LogP contribution in [-0.2, 0) is 10.8 Å². The van der Waals surface area contributed by atoms with Crippen LogP contribution in [0.2, 0.25) is 0 Å². The topological polar surface area (TPSA) is 45.8 Å². The molecule has 0 radical (unpaired) electrons. The van der Waals surface area contributed by atoms with Crippen molar-refractivity contribution in [3.63, 3.8) is 0 Å². The Morgan fingerprint density at radius 2 is 2.09 bits per heavy atom. The molecule has 1 aromatic heterocycles. The second kappa shape index (κ2) is 5.07. The summed E-state index contributed by atoms with van der Waals surface area (Å²) in [6.07, 6.45) is 3.26. The number of aromatic nitrogens is 2. The van der Waals surface area contributed by atoms with E-state index in [9.17, 15) is 4.21 Å². The van der Waals surface area contributed by atoms with Crippen molar-refractivity contribution in [2.75, 3.05) is 6.26 Å². The minimum Gasteiger partial charge on any atom is -0.335 e. The van der Waals surface area contributed by atoms with Gasteiger partial charge in [-0.2, -0.15) is 0 Å². The molecule has 0 fully saturated rings. The lowest BCUT2D eigenvalue weighted by Crippen LogP contribution is -1.88. The zero-order valence-electron chi connectivity index (χ0n) is 7.34. The Morgan fingerprint density at radius 1 is 1.55 bits per heavy atom. The molecular weight excluding hydrogens is 160 g/mol. The van der Waals surface area contributed by atoms with E-state index in [4.69, 9.17) is 0 Å². The van der Waals surface area contributed by atoms with Crippen LogP contribution in [-0.4, -0.2) is 20.4 Å². The van der Waals surface area contributed by atoms with Gasteiger partial charge in [-0.15, -0.1) is 0 Å². The Kier molecular flexibility index (Phi) is 4.77. The van der Waals surface area contributed by atoms with Crippen LogP contribution >= 0.6 is 0 Å². The van der Waals surface area contributed by atoms with Crippen LogP contribution in [0.25, 0.3) is 0 Å². The lowest BCUT2D eigenvalue weighted by Gasteiger charge is -1.83. The number of hydrogen-bond acceptors (Lipinski definition) is 2. The molecular formula is C7H14N2OS. The first kappa shape index (κ1) is 10.4. The maximum Gasteiger partial charge on any atom is 0.196 e. The molecule has 0 aliphatic heterocycles. The summed E-state index contributed by atoms with van der Waals surface area (Å²) in [6.45, 7) is 5.88. The summed E-state index contributed by atoms with van der Waals surface area (Å²) < 4.78 is 10.7. The highest BCUT2D eigenvalue weighted by atomic mass is 32.2. The van der Waals surface area contributed by atoms with Gasteiger partial charge in [-0.1, -0.05) is 13.8 Å². The Labute approximate surface area is 69.7 Å². The highest BCUT2D eigenvalue weighted by Gasteiger charge is 1.98. The van der Waals surface area contributed by atoms with Crippen LogP contribution in [0.4, 0.5) is 0 Å². The van der Waals surface area contributed by atoms with Crippen LogP contribution in [0.5, 0.6) is 0 Å². The predicted octanol–water partition coefficient (Wildman–Crippen LogP) is 1.48. The molecule has 1 aromatic rings. The maximum atomic E-state index is 10.7. The first-order chi connectivity index (χ1) is 5.20. The largest absolute Gasteiger partial charge is 0.335 e. The third-order valence-electron chi connectivity index (χ3n) is 0.952. The van der Waals surface area contributed by atoms with Gasteiger partial charge >= 0.3 is 0 Å². The van der Waals surface area contributed by atoms with Crippen molar-refractivity contribution in [1.82, 2.24) is 9.97 Å². The van der Waals surface area contributed by atoms with Crippen molar-refractivity contribution in [2.45, 2.75) is 25.9 Å². The number of nitrogens with zero attached hydrogens (tertiary/aromatic N) is 1. The zero-order valence-corrected chi connectivity index (χ0v) is 8.16. The van der Waals surface area contributed by atoms with E-state index in [1.54, 1.807) is 12.5 Å². The van der Waals surface area contributed by atoms with Gasteiger partial charge in [-0.3, -0.25) is 4.21 Å². The standard InChI is InChI=1S/C5H8N2OS.C2H6/c1-4-3-6-5(7-4)9(2)8;1-2/h3H,1-2H3,(H,6,7);1-2H3. The van der Waals surface area contributed by atoms with Gasteiger partial charge in [0.2, 0.25) is 0 Å². The van der Waals surface area contributed by atoms with E-state index in [0.29, 0.717) is 5.16 Å². The van der Waals surface area contributed by atoms with E-state index in [2.05, 4.69) is 9.97 Å². The Hall–Kier alpha value is -0.640. The van der Waals surface area contributed by atoms with Crippen molar-refractivity contribution < 1.29 is 4.21 Å². The van der Waals surface area contributed by atoms with Gasteiger partial charge in [0.25, 0.3) is 0 Å². The molecule has 1 heterocycles. The quantitative estimate of drug-likeness (QED) is 0.701. The van der Waals surface area contributed by atoms with E-state index in [0.717, 1.165) is 5.69 Å².